The lowest BCUT2D eigenvalue weighted by atomic mass is 10.2. The van der Waals surface area contributed by atoms with Crippen molar-refractivity contribution in [2.24, 2.45) is 0 Å². The van der Waals surface area contributed by atoms with E-state index in [1.165, 1.54) is 12.3 Å². The first-order chi connectivity index (χ1) is 9.31. The fourth-order valence-corrected chi connectivity index (χ4v) is 3.20. The van der Waals surface area contributed by atoms with Crippen LogP contribution in [-0.2, 0) is 10.0 Å². The number of pyridine rings is 1. The Morgan fingerprint density at radius 1 is 1.35 bits per heavy atom. The lowest BCUT2D eigenvalue weighted by Gasteiger charge is -2.10. The van der Waals surface area contributed by atoms with Crippen molar-refractivity contribution in [3.8, 4) is 0 Å². The van der Waals surface area contributed by atoms with Crippen molar-refractivity contribution < 1.29 is 12.8 Å². The number of anilines is 1. The molecule has 2 aromatic rings. The molecule has 0 aliphatic heterocycles. The second-order valence-electron chi connectivity index (χ2n) is 4.06. The summed E-state index contributed by atoms with van der Waals surface area (Å²) in [5, 5.41) is 0. The molecule has 1 heterocycles. The number of hydrogen-bond donors (Lipinski definition) is 2. The number of benzene rings is 1. The minimum absolute atomic E-state index is 0.0777. The van der Waals surface area contributed by atoms with Crippen molar-refractivity contribution in [2.75, 3.05) is 4.72 Å². The van der Waals surface area contributed by atoms with Gasteiger partial charge in [-0.25, -0.2) is 12.8 Å². The van der Waals surface area contributed by atoms with E-state index in [9.17, 15) is 17.6 Å². The molecule has 2 rings (SSSR count). The van der Waals surface area contributed by atoms with Gasteiger partial charge < -0.3 is 4.98 Å². The standard InChI is InChI=1S/C12H10BrFN2O3S/c1-7-4-8(13)9(14)5-10(7)16-20(18,19)12-6-15-3-2-11(12)17/h2-6,16H,1H3,(H,15,17). The highest BCUT2D eigenvalue weighted by atomic mass is 79.9. The predicted octanol–water partition coefficient (Wildman–Crippen LogP) is 2.39. The normalized spacial score (nSPS) is 11.3. The largest absolute Gasteiger partial charge is 0.366 e. The number of halogens is 2. The second kappa shape index (κ2) is 5.37. The summed E-state index contributed by atoms with van der Waals surface area (Å²) in [5.74, 6) is -0.602. The van der Waals surface area contributed by atoms with E-state index in [0.717, 1.165) is 18.3 Å². The Bertz CT molecular complexity index is 818. The first-order valence-corrected chi connectivity index (χ1v) is 7.74. The van der Waals surface area contributed by atoms with Crippen LogP contribution in [0.4, 0.5) is 10.1 Å². The molecule has 0 bridgehead atoms. The smallest absolute Gasteiger partial charge is 0.267 e. The molecule has 0 saturated carbocycles. The summed E-state index contributed by atoms with van der Waals surface area (Å²) >= 11 is 3.01. The molecule has 0 fully saturated rings. The molecule has 1 aromatic carbocycles. The third kappa shape index (κ3) is 2.91. The Morgan fingerprint density at radius 2 is 2.05 bits per heavy atom. The van der Waals surface area contributed by atoms with Gasteiger partial charge in [-0.15, -0.1) is 0 Å². The molecule has 0 aliphatic rings. The Morgan fingerprint density at radius 3 is 2.70 bits per heavy atom. The molecule has 0 atom stereocenters. The van der Waals surface area contributed by atoms with Crippen LogP contribution in [0, 0.1) is 12.7 Å². The summed E-state index contributed by atoms with van der Waals surface area (Å²) < 4.78 is 40.1. The van der Waals surface area contributed by atoms with Gasteiger partial charge in [0.05, 0.1) is 10.2 Å². The monoisotopic (exact) mass is 360 g/mol. The van der Waals surface area contributed by atoms with E-state index in [-0.39, 0.29) is 10.2 Å². The van der Waals surface area contributed by atoms with Crippen molar-refractivity contribution in [3.63, 3.8) is 0 Å². The Balaban J connectivity index is 2.47. The number of aromatic amines is 1. The molecule has 0 saturated heterocycles. The lowest BCUT2D eigenvalue weighted by molar-refractivity contribution is 0.599. The van der Waals surface area contributed by atoms with Crippen molar-refractivity contribution in [2.45, 2.75) is 11.8 Å². The van der Waals surface area contributed by atoms with Crippen LogP contribution < -0.4 is 10.2 Å². The maximum atomic E-state index is 13.5. The number of rotatable bonds is 3. The van der Waals surface area contributed by atoms with Crippen LogP contribution in [0.2, 0.25) is 0 Å². The zero-order valence-corrected chi connectivity index (χ0v) is 12.7. The van der Waals surface area contributed by atoms with Crippen LogP contribution >= 0.6 is 15.9 Å². The van der Waals surface area contributed by atoms with Crippen LogP contribution in [0.1, 0.15) is 5.56 Å². The molecule has 0 amide bonds. The SMILES string of the molecule is Cc1cc(Br)c(F)cc1NS(=O)(=O)c1c[nH]ccc1=O. The lowest BCUT2D eigenvalue weighted by Crippen LogP contribution is -2.21. The zero-order valence-electron chi connectivity index (χ0n) is 10.3. The Kier molecular flexibility index (Phi) is 3.96. The van der Waals surface area contributed by atoms with Gasteiger partial charge in [0.2, 0.25) is 5.43 Å². The maximum absolute atomic E-state index is 13.5. The summed E-state index contributed by atoms with van der Waals surface area (Å²) in [6.07, 6.45) is 2.40. The molecule has 20 heavy (non-hydrogen) atoms. The number of nitrogens with one attached hydrogen (secondary N) is 2. The van der Waals surface area contributed by atoms with Gasteiger partial charge in [0.1, 0.15) is 5.82 Å². The molecule has 8 heteroatoms. The summed E-state index contributed by atoms with van der Waals surface area (Å²) in [4.78, 5) is 13.6. The van der Waals surface area contributed by atoms with Crippen LogP contribution in [-0.4, -0.2) is 13.4 Å². The third-order valence-corrected chi connectivity index (χ3v) is 4.58. The zero-order chi connectivity index (χ0) is 14.9. The Hall–Kier alpha value is -1.67. The molecule has 2 N–H and O–H groups in total. The van der Waals surface area contributed by atoms with Crippen molar-refractivity contribution in [1.29, 1.82) is 0 Å². The van der Waals surface area contributed by atoms with Crippen LogP contribution in [0.15, 0.2) is 44.8 Å². The van der Waals surface area contributed by atoms with Gasteiger partial charge in [0, 0.05) is 18.5 Å². The van der Waals surface area contributed by atoms with Gasteiger partial charge in [-0.3, -0.25) is 9.52 Å². The van der Waals surface area contributed by atoms with Gasteiger partial charge >= 0.3 is 0 Å². The molecule has 0 radical (unpaired) electrons. The quantitative estimate of drug-likeness (QED) is 0.881. The van der Waals surface area contributed by atoms with E-state index in [4.69, 9.17) is 0 Å². The van der Waals surface area contributed by atoms with Gasteiger partial charge in [-0.2, -0.15) is 0 Å². The topological polar surface area (TPSA) is 79.0 Å². The van der Waals surface area contributed by atoms with E-state index in [1.54, 1.807) is 6.92 Å². The van der Waals surface area contributed by atoms with Gasteiger partial charge in [0.15, 0.2) is 4.90 Å². The number of aromatic nitrogens is 1. The van der Waals surface area contributed by atoms with Crippen LogP contribution in [0.3, 0.4) is 0 Å². The predicted molar refractivity (Wildman–Crippen MR) is 76.7 cm³/mol. The molecule has 0 aliphatic carbocycles. The first kappa shape index (κ1) is 14.7. The molecular weight excluding hydrogens is 351 g/mol. The fraction of sp³-hybridized carbons (Fsp3) is 0.0833. The van der Waals surface area contributed by atoms with Crippen molar-refractivity contribution in [3.05, 3.63) is 56.7 Å². The van der Waals surface area contributed by atoms with E-state index in [1.807, 2.05) is 0 Å². The van der Waals surface area contributed by atoms with Crippen LogP contribution in [0.25, 0.3) is 0 Å². The summed E-state index contributed by atoms with van der Waals surface area (Å²) in [5.41, 5.74) is -0.0466. The number of aryl methyl sites for hydroxylation is 1. The minimum atomic E-state index is -4.07. The van der Waals surface area contributed by atoms with Crippen LogP contribution in [0.5, 0.6) is 0 Å². The molecule has 5 nitrogen and oxygen atoms in total. The highest BCUT2D eigenvalue weighted by Gasteiger charge is 2.19. The molecule has 0 unspecified atom stereocenters. The van der Waals surface area contributed by atoms with E-state index >= 15 is 0 Å². The average molecular weight is 361 g/mol. The first-order valence-electron chi connectivity index (χ1n) is 5.47. The molecule has 1 aromatic heterocycles. The summed E-state index contributed by atoms with van der Waals surface area (Å²) in [7, 11) is -4.07. The minimum Gasteiger partial charge on any atom is -0.366 e. The summed E-state index contributed by atoms with van der Waals surface area (Å²) in [6.45, 7) is 1.62. The van der Waals surface area contributed by atoms with Gasteiger partial charge in [-0.05, 0) is 40.5 Å². The average Bonchev–Trinajstić information content (AvgIpc) is 2.36. The third-order valence-electron chi connectivity index (χ3n) is 2.59. The van der Waals surface area contributed by atoms with Gasteiger partial charge in [-0.1, -0.05) is 0 Å². The van der Waals surface area contributed by atoms with E-state index < -0.39 is 26.2 Å². The second-order valence-corrected chi connectivity index (χ2v) is 6.56. The Labute approximate surface area is 123 Å². The maximum Gasteiger partial charge on any atom is 0.267 e. The van der Waals surface area contributed by atoms with Gasteiger partial charge in [0.25, 0.3) is 10.0 Å². The number of hydrogen-bond acceptors (Lipinski definition) is 3. The fourth-order valence-electron chi connectivity index (χ4n) is 1.57. The van der Waals surface area contributed by atoms with Crippen molar-refractivity contribution >= 4 is 31.6 Å². The molecular formula is C12H10BrFN2O3S. The molecule has 0 spiro atoms. The summed E-state index contributed by atoms with van der Waals surface area (Å²) in [6, 6.07) is 3.60. The van der Waals surface area contributed by atoms with E-state index in [0.29, 0.717) is 5.56 Å². The molecule has 106 valence electrons. The number of H-pyrrole nitrogens is 1. The highest BCUT2D eigenvalue weighted by Crippen LogP contribution is 2.25. The van der Waals surface area contributed by atoms with Crippen molar-refractivity contribution in [1.82, 2.24) is 4.98 Å². The number of sulfonamides is 1. The highest BCUT2D eigenvalue weighted by molar-refractivity contribution is 9.10. The van der Waals surface area contributed by atoms with E-state index in [2.05, 4.69) is 25.6 Å².